The van der Waals surface area contributed by atoms with Crippen LogP contribution in [0.15, 0.2) is 48.5 Å². The van der Waals surface area contributed by atoms with Crippen molar-refractivity contribution >= 4 is 11.6 Å². The maximum absolute atomic E-state index is 5.85. The van der Waals surface area contributed by atoms with Crippen LogP contribution in [0.3, 0.4) is 0 Å². The van der Waals surface area contributed by atoms with E-state index in [1.165, 1.54) is 16.7 Å². The summed E-state index contributed by atoms with van der Waals surface area (Å²) in [4.78, 5) is 0. The monoisotopic (exact) mass is 275 g/mol. The van der Waals surface area contributed by atoms with E-state index in [4.69, 9.17) is 16.3 Å². The molecule has 100 valence electrons. The van der Waals surface area contributed by atoms with Crippen LogP contribution < -0.4 is 5.32 Å². The maximum atomic E-state index is 5.85. The highest BCUT2D eigenvalue weighted by molar-refractivity contribution is 6.30. The lowest BCUT2D eigenvalue weighted by atomic mass is 10.1. The molecule has 0 spiro atoms. The minimum absolute atomic E-state index is 0.665. The topological polar surface area (TPSA) is 21.3 Å². The van der Waals surface area contributed by atoms with Crippen LogP contribution in [0.4, 0.5) is 0 Å². The van der Waals surface area contributed by atoms with E-state index in [-0.39, 0.29) is 0 Å². The van der Waals surface area contributed by atoms with E-state index in [9.17, 15) is 0 Å². The van der Waals surface area contributed by atoms with Crippen molar-refractivity contribution < 1.29 is 4.74 Å². The predicted molar refractivity (Wildman–Crippen MR) is 79.2 cm³/mol. The Morgan fingerprint density at radius 1 is 0.842 bits per heavy atom. The summed E-state index contributed by atoms with van der Waals surface area (Å²) in [5.74, 6) is 0. The summed E-state index contributed by atoms with van der Waals surface area (Å²) in [6, 6.07) is 16.4. The Labute approximate surface area is 119 Å². The predicted octanol–water partition coefficient (Wildman–Crippen LogP) is 3.78. The van der Waals surface area contributed by atoms with Crippen LogP contribution in [-0.2, 0) is 24.4 Å². The first kappa shape index (κ1) is 14.1. The summed E-state index contributed by atoms with van der Waals surface area (Å²) in [6.07, 6.45) is 0. The molecule has 0 aliphatic heterocycles. The molecular weight excluding hydrogens is 258 g/mol. The summed E-state index contributed by atoms with van der Waals surface area (Å²) < 4.78 is 5.09. The molecule has 2 aromatic rings. The Bertz CT molecular complexity index is 493. The summed E-state index contributed by atoms with van der Waals surface area (Å²) >= 11 is 5.85. The fraction of sp³-hybridized carbons (Fsp3) is 0.250. The molecule has 0 radical (unpaired) electrons. The number of hydrogen-bond acceptors (Lipinski definition) is 2. The Morgan fingerprint density at radius 3 is 1.84 bits per heavy atom. The average molecular weight is 276 g/mol. The van der Waals surface area contributed by atoms with E-state index in [2.05, 4.69) is 29.6 Å². The summed E-state index contributed by atoms with van der Waals surface area (Å²) in [5, 5.41) is 4.19. The molecule has 1 N–H and O–H groups in total. The molecule has 0 aliphatic rings. The zero-order chi connectivity index (χ0) is 13.5. The van der Waals surface area contributed by atoms with Crippen molar-refractivity contribution in [3.8, 4) is 0 Å². The molecule has 2 rings (SSSR count). The van der Waals surface area contributed by atoms with Gasteiger partial charge in [-0.2, -0.15) is 0 Å². The van der Waals surface area contributed by atoms with Crippen LogP contribution in [0.2, 0.25) is 5.02 Å². The van der Waals surface area contributed by atoms with E-state index >= 15 is 0 Å². The molecule has 2 nitrogen and oxygen atoms in total. The van der Waals surface area contributed by atoms with Crippen LogP contribution in [0.25, 0.3) is 0 Å². The Morgan fingerprint density at radius 2 is 1.32 bits per heavy atom. The van der Waals surface area contributed by atoms with Gasteiger partial charge >= 0.3 is 0 Å². The van der Waals surface area contributed by atoms with E-state index in [1.54, 1.807) is 7.11 Å². The zero-order valence-electron chi connectivity index (χ0n) is 11.0. The van der Waals surface area contributed by atoms with Gasteiger partial charge in [0.2, 0.25) is 0 Å². The van der Waals surface area contributed by atoms with E-state index < -0.39 is 0 Å². The van der Waals surface area contributed by atoms with Crippen LogP contribution >= 0.6 is 11.6 Å². The molecule has 0 amide bonds. The van der Waals surface area contributed by atoms with Crippen molar-refractivity contribution in [2.24, 2.45) is 0 Å². The lowest BCUT2D eigenvalue weighted by Crippen LogP contribution is -2.12. The van der Waals surface area contributed by atoms with Gasteiger partial charge in [-0.1, -0.05) is 48.0 Å². The Kier molecular flexibility index (Phi) is 5.40. The standard InChI is InChI=1S/C16H18ClNO/c1-19-12-15-4-2-13(3-5-15)10-18-11-14-6-8-16(17)9-7-14/h2-9,18H,10-12H2,1H3. The third-order valence-corrected chi connectivity index (χ3v) is 3.16. The average Bonchev–Trinajstić information content (AvgIpc) is 2.43. The summed E-state index contributed by atoms with van der Waals surface area (Å²) in [5.41, 5.74) is 3.71. The van der Waals surface area contributed by atoms with Gasteiger partial charge in [0.25, 0.3) is 0 Å². The third-order valence-electron chi connectivity index (χ3n) is 2.91. The van der Waals surface area contributed by atoms with Gasteiger partial charge in [-0.15, -0.1) is 0 Å². The molecule has 0 aliphatic carbocycles. The minimum Gasteiger partial charge on any atom is -0.380 e. The second-order valence-corrected chi connectivity index (χ2v) is 4.92. The fourth-order valence-corrected chi connectivity index (χ4v) is 2.00. The maximum Gasteiger partial charge on any atom is 0.0713 e. The first-order valence-corrected chi connectivity index (χ1v) is 6.67. The van der Waals surface area contributed by atoms with E-state index in [0.29, 0.717) is 6.61 Å². The smallest absolute Gasteiger partial charge is 0.0713 e. The van der Waals surface area contributed by atoms with E-state index in [1.807, 2.05) is 24.3 Å². The summed E-state index contributed by atoms with van der Waals surface area (Å²) in [6.45, 7) is 2.37. The number of ether oxygens (including phenoxy) is 1. The summed E-state index contributed by atoms with van der Waals surface area (Å²) in [7, 11) is 1.71. The van der Waals surface area contributed by atoms with Crippen molar-refractivity contribution in [2.75, 3.05) is 7.11 Å². The van der Waals surface area contributed by atoms with Gasteiger partial charge in [-0.25, -0.2) is 0 Å². The van der Waals surface area contributed by atoms with Gasteiger partial charge in [0.1, 0.15) is 0 Å². The molecule has 0 unspecified atom stereocenters. The fourth-order valence-electron chi connectivity index (χ4n) is 1.87. The third kappa shape index (κ3) is 4.67. The molecule has 0 fully saturated rings. The number of benzene rings is 2. The number of rotatable bonds is 6. The number of nitrogens with one attached hydrogen (secondary N) is 1. The number of halogens is 1. The van der Waals surface area contributed by atoms with Crippen LogP contribution in [0.1, 0.15) is 16.7 Å². The molecular formula is C16H18ClNO. The van der Waals surface area contributed by atoms with Gasteiger partial charge in [0.05, 0.1) is 6.61 Å². The van der Waals surface area contributed by atoms with Crippen molar-refractivity contribution in [1.29, 1.82) is 0 Å². The molecule has 0 heterocycles. The van der Waals surface area contributed by atoms with Crippen LogP contribution in [0, 0.1) is 0 Å². The molecule has 0 saturated carbocycles. The largest absolute Gasteiger partial charge is 0.380 e. The Hall–Kier alpha value is -1.35. The van der Waals surface area contributed by atoms with Gasteiger partial charge in [-0.3, -0.25) is 0 Å². The van der Waals surface area contributed by atoms with Crippen molar-refractivity contribution in [1.82, 2.24) is 5.32 Å². The highest BCUT2D eigenvalue weighted by Crippen LogP contribution is 2.10. The molecule has 19 heavy (non-hydrogen) atoms. The number of hydrogen-bond donors (Lipinski definition) is 1. The molecule has 0 atom stereocenters. The normalized spacial score (nSPS) is 10.6. The van der Waals surface area contributed by atoms with E-state index in [0.717, 1.165) is 18.1 Å². The van der Waals surface area contributed by atoms with Crippen LogP contribution in [0.5, 0.6) is 0 Å². The van der Waals surface area contributed by atoms with Crippen molar-refractivity contribution in [3.05, 3.63) is 70.2 Å². The molecule has 0 saturated heterocycles. The SMILES string of the molecule is COCc1ccc(CNCc2ccc(Cl)cc2)cc1. The first-order valence-electron chi connectivity index (χ1n) is 6.30. The van der Waals surface area contributed by atoms with Gasteiger partial charge < -0.3 is 10.1 Å². The zero-order valence-corrected chi connectivity index (χ0v) is 11.8. The second-order valence-electron chi connectivity index (χ2n) is 4.48. The minimum atomic E-state index is 0.665. The number of methoxy groups -OCH3 is 1. The highest BCUT2D eigenvalue weighted by atomic mass is 35.5. The van der Waals surface area contributed by atoms with Crippen LogP contribution in [-0.4, -0.2) is 7.11 Å². The van der Waals surface area contributed by atoms with Gasteiger partial charge in [0.15, 0.2) is 0 Å². The lowest BCUT2D eigenvalue weighted by molar-refractivity contribution is 0.185. The highest BCUT2D eigenvalue weighted by Gasteiger charge is 1.96. The first-order chi connectivity index (χ1) is 9.28. The van der Waals surface area contributed by atoms with Gasteiger partial charge in [-0.05, 0) is 28.8 Å². The molecule has 2 aromatic carbocycles. The molecule has 0 bridgehead atoms. The van der Waals surface area contributed by atoms with Crippen molar-refractivity contribution in [3.63, 3.8) is 0 Å². The van der Waals surface area contributed by atoms with Crippen molar-refractivity contribution in [2.45, 2.75) is 19.7 Å². The lowest BCUT2D eigenvalue weighted by Gasteiger charge is -2.06. The Balaban J connectivity index is 1.80. The second kappa shape index (κ2) is 7.29. The molecule has 0 aromatic heterocycles. The van der Waals surface area contributed by atoms with Gasteiger partial charge in [0, 0.05) is 25.2 Å². The molecule has 3 heteroatoms. The quantitative estimate of drug-likeness (QED) is 0.866.